The lowest BCUT2D eigenvalue weighted by Gasteiger charge is -2.11. The average molecular weight is 399 g/mol. The fraction of sp³-hybridized carbons (Fsp3) is 0.0556. The Kier molecular flexibility index (Phi) is 5.97. The molecule has 0 aliphatic heterocycles. The van der Waals surface area contributed by atoms with Crippen LogP contribution in [-0.2, 0) is 6.54 Å². The minimum Gasteiger partial charge on any atom is -0.360 e. The molecule has 10 heteroatoms. The topological polar surface area (TPSA) is 122 Å². The van der Waals surface area contributed by atoms with E-state index in [2.05, 4.69) is 26.1 Å². The molecule has 0 aliphatic rings. The second-order valence-corrected chi connectivity index (χ2v) is 6.04. The van der Waals surface area contributed by atoms with Crippen LogP contribution in [0, 0.1) is 10.1 Å². The third-order valence-electron chi connectivity index (χ3n) is 3.71. The zero-order chi connectivity index (χ0) is 19.9. The summed E-state index contributed by atoms with van der Waals surface area (Å²) in [6.07, 6.45) is 1.16. The monoisotopic (exact) mass is 398 g/mol. The minimum atomic E-state index is -0.621. The third kappa shape index (κ3) is 4.71. The van der Waals surface area contributed by atoms with Crippen molar-refractivity contribution in [3.05, 3.63) is 87.2 Å². The number of nitro groups is 1. The Hall–Kier alpha value is -3.72. The van der Waals surface area contributed by atoms with Gasteiger partial charge in [-0.25, -0.2) is 9.97 Å². The Balaban J connectivity index is 1.74. The summed E-state index contributed by atoms with van der Waals surface area (Å²) >= 11 is 5.79. The molecule has 0 atom stereocenters. The average Bonchev–Trinajstić information content (AvgIpc) is 2.71. The van der Waals surface area contributed by atoms with Gasteiger partial charge in [-0.1, -0.05) is 41.9 Å². The van der Waals surface area contributed by atoms with E-state index in [9.17, 15) is 14.9 Å². The molecule has 0 saturated heterocycles. The van der Waals surface area contributed by atoms with E-state index in [1.54, 1.807) is 12.1 Å². The van der Waals surface area contributed by atoms with Gasteiger partial charge in [-0.2, -0.15) is 0 Å². The number of carbonyl (C=O) groups excluding carboxylic acids is 1. The Morgan fingerprint density at radius 3 is 2.39 bits per heavy atom. The Morgan fingerprint density at radius 1 is 1.04 bits per heavy atom. The predicted molar refractivity (Wildman–Crippen MR) is 105 cm³/mol. The normalized spacial score (nSPS) is 10.2. The highest BCUT2D eigenvalue weighted by Gasteiger charge is 2.23. The molecule has 28 heavy (non-hydrogen) atoms. The molecule has 142 valence electrons. The first-order valence-electron chi connectivity index (χ1n) is 8.13. The number of nitrogens with one attached hydrogen (secondary N) is 3. The first kappa shape index (κ1) is 19.1. The summed E-state index contributed by atoms with van der Waals surface area (Å²) in [4.78, 5) is 30.9. The standard InChI is InChI=1S/C18H15ClN6O3/c19-14-8-6-13(7-9-14)18(26)24-23-17-15(25(27)28)16(21-11-22-17)20-10-12-4-2-1-3-5-12/h1-9,11H,10H2,(H,24,26)(H2,20,21,22,23). The maximum Gasteiger partial charge on any atom is 0.354 e. The molecular formula is C18H15ClN6O3. The van der Waals surface area contributed by atoms with Crippen molar-refractivity contribution < 1.29 is 9.72 Å². The van der Waals surface area contributed by atoms with Gasteiger partial charge in [0.1, 0.15) is 6.33 Å². The summed E-state index contributed by atoms with van der Waals surface area (Å²) in [6.45, 7) is 0.343. The van der Waals surface area contributed by atoms with E-state index in [0.29, 0.717) is 17.1 Å². The quantitative estimate of drug-likeness (QED) is 0.411. The number of hydrogen-bond donors (Lipinski definition) is 3. The lowest BCUT2D eigenvalue weighted by Crippen LogP contribution is -2.30. The van der Waals surface area contributed by atoms with Gasteiger partial charge in [-0.15, -0.1) is 0 Å². The van der Waals surface area contributed by atoms with Crippen LogP contribution in [0.2, 0.25) is 5.02 Å². The smallest absolute Gasteiger partial charge is 0.354 e. The Morgan fingerprint density at radius 2 is 1.71 bits per heavy atom. The molecule has 9 nitrogen and oxygen atoms in total. The fourth-order valence-corrected chi connectivity index (χ4v) is 2.47. The zero-order valence-electron chi connectivity index (χ0n) is 14.4. The SMILES string of the molecule is O=C(NNc1ncnc(NCc2ccccc2)c1[N+](=O)[O-])c1ccc(Cl)cc1. The lowest BCUT2D eigenvalue weighted by molar-refractivity contribution is -0.383. The fourth-order valence-electron chi connectivity index (χ4n) is 2.34. The summed E-state index contributed by atoms with van der Waals surface area (Å²) in [5, 5.41) is 14.9. The second-order valence-electron chi connectivity index (χ2n) is 5.60. The number of halogens is 1. The van der Waals surface area contributed by atoms with Gasteiger partial charge < -0.3 is 5.32 Å². The molecule has 0 spiro atoms. The molecule has 3 rings (SSSR count). The van der Waals surface area contributed by atoms with E-state index in [0.717, 1.165) is 11.9 Å². The molecule has 3 N–H and O–H groups in total. The van der Waals surface area contributed by atoms with Gasteiger partial charge in [0.2, 0.25) is 11.6 Å². The first-order valence-corrected chi connectivity index (χ1v) is 8.51. The van der Waals surface area contributed by atoms with E-state index in [-0.39, 0.29) is 17.3 Å². The number of amides is 1. The van der Waals surface area contributed by atoms with Gasteiger partial charge >= 0.3 is 5.69 Å². The number of hydrazine groups is 1. The number of carbonyl (C=O) groups is 1. The van der Waals surface area contributed by atoms with Gasteiger partial charge in [-0.3, -0.25) is 25.8 Å². The molecule has 0 saturated carbocycles. The van der Waals surface area contributed by atoms with Crippen molar-refractivity contribution in [2.24, 2.45) is 0 Å². The number of hydrogen-bond acceptors (Lipinski definition) is 7. The molecule has 0 unspecified atom stereocenters. The van der Waals surface area contributed by atoms with Crippen molar-refractivity contribution in [3.8, 4) is 0 Å². The molecule has 1 heterocycles. The van der Waals surface area contributed by atoms with Crippen LogP contribution in [0.1, 0.15) is 15.9 Å². The molecule has 0 radical (unpaired) electrons. The minimum absolute atomic E-state index is 0.0343. The predicted octanol–water partition coefficient (Wildman–Crippen LogP) is 3.41. The van der Waals surface area contributed by atoms with Crippen molar-refractivity contribution in [2.45, 2.75) is 6.54 Å². The third-order valence-corrected chi connectivity index (χ3v) is 3.96. The van der Waals surface area contributed by atoms with Crippen LogP contribution in [-0.4, -0.2) is 20.8 Å². The van der Waals surface area contributed by atoms with Crippen LogP contribution < -0.4 is 16.2 Å². The second kappa shape index (κ2) is 8.78. The van der Waals surface area contributed by atoms with Crippen molar-refractivity contribution in [1.29, 1.82) is 0 Å². The van der Waals surface area contributed by atoms with Gasteiger partial charge in [0.25, 0.3) is 5.91 Å². The van der Waals surface area contributed by atoms with Crippen LogP contribution in [0.5, 0.6) is 0 Å². The van der Waals surface area contributed by atoms with Gasteiger partial charge in [0.15, 0.2) is 0 Å². The van der Waals surface area contributed by atoms with Crippen molar-refractivity contribution in [2.75, 3.05) is 10.7 Å². The van der Waals surface area contributed by atoms with E-state index in [4.69, 9.17) is 11.6 Å². The van der Waals surface area contributed by atoms with E-state index in [1.807, 2.05) is 30.3 Å². The van der Waals surface area contributed by atoms with Gasteiger partial charge in [0, 0.05) is 17.1 Å². The Labute approximate surface area is 164 Å². The number of rotatable bonds is 7. The largest absolute Gasteiger partial charge is 0.360 e. The molecule has 0 fully saturated rings. The number of aromatic nitrogens is 2. The highest BCUT2D eigenvalue weighted by Crippen LogP contribution is 2.28. The summed E-state index contributed by atoms with van der Waals surface area (Å²) in [6, 6.07) is 15.6. The molecule has 3 aromatic rings. The van der Waals surface area contributed by atoms with Crippen molar-refractivity contribution >= 4 is 34.8 Å². The van der Waals surface area contributed by atoms with Gasteiger partial charge in [-0.05, 0) is 29.8 Å². The van der Waals surface area contributed by atoms with E-state index in [1.165, 1.54) is 12.1 Å². The number of nitrogens with zero attached hydrogens (tertiary/aromatic N) is 3. The van der Waals surface area contributed by atoms with Crippen LogP contribution in [0.15, 0.2) is 60.9 Å². The van der Waals surface area contributed by atoms with Crippen LogP contribution in [0.25, 0.3) is 0 Å². The van der Waals surface area contributed by atoms with Crippen molar-refractivity contribution in [3.63, 3.8) is 0 Å². The van der Waals surface area contributed by atoms with Crippen LogP contribution >= 0.6 is 11.6 Å². The molecule has 0 bridgehead atoms. The molecule has 1 aromatic heterocycles. The summed E-state index contributed by atoms with van der Waals surface area (Å²) < 4.78 is 0. The van der Waals surface area contributed by atoms with Crippen LogP contribution in [0.3, 0.4) is 0 Å². The maximum atomic E-state index is 12.2. The van der Waals surface area contributed by atoms with Crippen molar-refractivity contribution in [1.82, 2.24) is 15.4 Å². The highest BCUT2D eigenvalue weighted by atomic mass is 35.5. The molecule has 1 amide bonds. The number of benzene rings is 2. The molecule has 2 aromatic carbocycles. The first-order chi connectivity index (χ1) is 13.5. The zero-order valence-corrected chi connectivity index (χ0v) is 15.2. The molecular weight excluding hydrogens is 384 g/mol. The van der Waals surface area contributed by atoms with Crippen LogP contribution in [0.4, 0.5) is 17.3 Å². The van der Waals surface area contributed by atoms with E-state index >= 15 is 0 Å². The Bertz CT molecular complexity index is 982. The number of anilines is 2. The maximum absolute atomic E-state index is 12.2. The molecule has 0 aliphatic carbocycles. The summed E-state index contributed by atoms with van der Waals surface area (Å²) in [5.41, 5.74) is 5.74. The van der Waals surface area contributed by atoms with Gasteiger partial charge in [0.05, 0.1) is 4.92 Å². The van der Waals surface area contributed by atoms with E-state index < -0.39 is 10.8 Å². The lowest BCUT2D eigenvalue weighted by atomic mass is 10.2. The highest BCUT2D eigenvalue weighted by molar-refractivity contribution is 6.30. The summed E-state index contributed by atoms with van der Waals surface area (Å²) in [5.74, 6) is -0.603. The summed E-state index contributed by atoms with van der Waals surface area (Å²) in [7, 11) is 0.